The van der Waals surface area contributed by atoms with E-state index < -0.39 is 15.9 Å². The highest BCUT2D eigenvalue weighted by atomic mass is 35.5. The van der Waals surface area contributed by atoms with E-state index in [1.54, 1.807) is 42.5 Å². The van der Waals surface area contributed by atoms with Crippen LogP contribution in [-0.2, 0) is 16.6 Å². The number of carbonyl (C=O) groups excluding carboxylic acids is 1. The van der Waals surface area contributed by atoms with Crippen LogP contribution in [0.3, 0.4) is 0 Å². The van der Waals surface area contributed by atoms with Crippen molar-refractivity contribution in [2.24, 2.45) is 0 Å². The molecule has 1 aliphatic rings. The van der Waals surface area contributed by atoms with E-state index in [1.165, 1.54) is 25.2 Å². The van der Waals surface area contributed by atoms with E-state index >= 15 is 0 Å². The number of fused-ring (bicyclic) bond motifs is 1. The number of hydrogen-bond donors (Lipinski definition) is 1. The predicted octanol–water partition coefficient (Wildman–Crippen LogP) is 3.82. The Morgan fingerprint density at radius 1 is 1.03 bits per heavy atom. The molecule has 160 valence electrons. The summed E-state index contributed by atoms with van der Waals surface area (Å²) in [4.78, 5) is 12.5. The Morgan fingerprint density at radius 3 is 2.55 bits per heavy atom. The van der Waals surface area contributed by atoms with Crippen LogP contribution in [0.1, 0.15) is 15.9 Å². The predicted molar refractivity (Wildman–Crippen MR) is 117 cm³/mol. The van der Waals surface area contributed by atoms with Gasteiger partial charge in [0.05, 0.1) is 10.7 Å². The molecule has 1 N–H and O–H groups in total. The first kappa shape index (κ1) is 21.0. The average Bonchev–Trinajstić information content (AvgIpc) is 3.25. The van der Waals surface area contributed by atoms with Crippen molar-refractivity contribution in [1.29, 1.82) is 0 Å². The van der Waals surface area contributed by atoms with E-state index in [9.17, 15) is 13.2 Å². The lowest BCUT2D eigenvalue weighted by Gasteiger charge is -2.20. The minimum absolute atomic E-state index is 0.0371. The van der Waals surface area contributed by atoms with Crippen LogP contribution in [0.15, 0.2) is 71.6 Å². The van der Waals surface area contributed by atoms with Gasteiger partial charge < -0.3 is 14.8 Å². The van der Waals surface area contributed by atoms with Gasteiger partial charge in [-0.1, -0.05) is 35.9 Å². The molecule has 0 radical (unpaired) electrons. The molecule has 0 atom stereocenters. The van der Waals surface area contributed by atoms with Crippen LogP contribution in [0.4, 0.5) is 5.69 Å². The van der Waals surface area contributed by atoms with Crippen molar-refractivity contribution in [3.05, 3.63) is 82.9 Å². The van der Waals surface area contributed by atoms with Crippen molar-refractivity contribution in [3.63, 3.8) is 0 Å². The summed E-state index contributed by atoms with van der Waals surface area (Å²) in [6.07, 6.45) is 0. The molecule has 1 amide bonds. The summed E-state index contributed by atoms with van der Waals surface area (Å²) >= 11 is 6.18. The Hall–Kier alpha value is -3.23. The largest absolute Gasteiger partial charge is 0.454 e. The van der Waals surface area contributed by atoms with Gasteiger partial charge in [0.15, 0.2) is 11.5 Å². The molecule has 9 heteroatoms. The number of anilines is 1. The fourth-order valence-corrected chi connectivity index (χ4v) is 4.80. The van der Waals surface area contributed by atoms with Crippen molar-refractivity contribution in [2.45, 2.75) is 11.4 Å². The molecule has 31 heavy (non-hydrogen) atoms. The van der Waals surface area contributed by atoms with E-state index in [1.807, 2.05) is 6.07 Å². The third-order valence-corrected chi connectivity index (χ3v) is 7.11. The first-order valence-corrected chi connectivity index (χ1v) is 11.2. The SMILES string of the molecule is CN(c1ccccc1)S(=O)(=O)c1cc(C(=O)NCc2ccc3c(c2)OCO3)ccc1Cl. The van der Waals surface area contributed by atoms with Gasteiger partial charge in [0.1, 0.15) is 4.90 Å². The maximum atomic E-state index is 13.1. The van der Waals surface area contributed by atoms with Crippen LogP contribution < -0.4 is 19.1 Å². The van der Waals surface area contributed by atoms with Crippen LogP contribution in [0.5, 0.6) is 11.5 Å². The molecule has 0 aliphatic carbocycles. The van der Waals surface area contributed by atoms with E-state index in [2.05, 4.69) is 5.32 Å². The number of carbonyl (C=O) groups is 1. The monoisotopic (exact) mass is 458 g/mol. The van der Waals surface area contributed by atoms with Gasteiger partial charge in [0, 0.05) is 19.2 Å². The van der Waals surface area contributed by atoms with Gasteiger partial charge in [-0.25, -0.2) is 8.42 Å². The van der Waals surface area contributed by atoms with Crippen molar-refractivity contribution < 1.29 is 22.7 Å². The van der Waals surface area contributed by atoms with Gasteiger partial charge in [0.25, 0.3) is 15.9 Å². The quantitative estimate of drug-likeness (QED) is 0.607. The van der Waals surface area contributed by atoms with Gasteiger partial charge in [-0.2, -0.15) is 0 Å². The maximum absolute atomic E-state index is 13.1. The zero-order chi connectivity index (χ0) is 22.0. The molecule has 0 fully saturated rings. The third-order valence-electron chi connectivity index (χ3n) is 4.84. The molecule has 1 aliphatic heterocycles. The van der Waals surface area contributed by atoms with Crippen LogP contribution in [-0.4, -0.2) is 28.2 Å². The Labute approximate surface area is 185 Å². The smallest absolute Gasteiger partial charge is 0.265 e. The van der Waals surface area contributed by atoms with E-state index in [0.717, 1.165) is 9.87 Å². The van der Waals surface area contributed by atoms with Crippen molar-refractivity contribution in [1.82, 2.24) is 5.32 Å². The molecule has 3 aromatic rings. The summed E-state index contributed by atoms with van der Waals surface area (Å²) < 4.78 is 37.9. The first-order valence-electron chi connectivity index (χ1n) is 9.36. The summed E-state index contributed by atoms with van der Waals surface area (Å²) in [5, 5.41) is 2.82. The summed E-state index contributed by atoms with van der Waals surface area (Å²) in [5.41, 5.74) is 1.49. The second kappa shape index (κ2) is 8.49. The zero-order valence-electron chi connectivity index (χ0n) is 16.5. The number of benzene rings is 3. The lowest BCUT2D eigenvalue weighted by atomic mass is 10.1. The van der Waals surface area contributed by atoms with Crippen molar-refractivity contribution in [3.8, 4) is 11.5 Å². The highest BCUT2D eigenvalue weighted by molar-refractivity contribution is 7.93. The van der Waals surface area contributed by atoms with Crippen LogP contribution in [0, 0.1) is 0 Å². The summed E-state index contributed by atoms with van der Waals surface area (Å²) in [6, 6.07) is 18.2. The van der Waals surface area contributed by atoms with E-state index in [4.69, 9.17) is 21.1 Å². The van der Waals surface area contributed by atoms with Crippen molar-refractivity contribution in [2.75, 3.05) is 18.1 Å². The number of sulfonamides is 1. The zero-order valence-corrected chi connectivity index (χ0v) is 18.1. The van der Waals surface area contributed by atoms with Gasteiger partial charge >= 0.3 is 0 Å². The molecule has 4 rings (SSSR count). The molecule has 0 bridgehead atoms. The lowest BCUT2D eigenvalue weighted by Crippen LogP contribution is -2.28. The minimum Gasteiger partial charge on any atom is -0.454 e. The molecule has 0 spiro atoms. The average molecular weight is 459 g/mol. The fraction of sp³-hybridized carbons (Fsp3) is 0.136. The van der Waals surface area contributed by atoms with E-state index in [-0.39, 0.29) is 28.8 Å². The summed E-state index contributed by atoms with van der Waals surface area (Å²) in [7, 11) is -2.52. The number of amides is 1. The maximum Gasteiger partial charge on any atom is 0.265 e. The standard InChI is InChI=1S/C22H19ClN2O5S/c1-25(17-5-3-2-4-6-17)31(27,28)21-12-16(8-9-18(21)23)22(26)24-13-15-7-10-19-20(11-15)30-14-29-19/h2-12H,13-14H2,1H3,(H,24,26). The molecule has 0 unspecified atom stereocenters. The Bertz CT molecular complexity index is 1230. The molecule has 1 heterocycles. The molecular weight excluding hydrogens is 440 g/mol. The molecule has 0 aromatic heterocycles. The number of rotatable bonds is 6. The van der Waals surface area contributed by atoms with Crippen LogP contribution in [0.25, 0.3) is 0 Å². The molecule has 3 aromatic carbocycles. The Balaban J connectivity index is 1.53. The fourth-order valence-electron chi connectivity index (χ4n) is 3.10. The minimum atomic E-state index is -3.96. The molecule has 7 nitrogen and oxygen atoms in total. The second-order valence-corrected chi connectivity index (χ2v) is 9.17. The number of hydrogen-bond acceptors (Lipinski definition) is 5. The highest BCUT2D eigenvalue weighted by Gasteiger charge is 2.25. The lowest BCUT2D eigenvalue weighted by molar-refractivity contribution is 0.0950. The Morgan fingerprint density at radius 2 is 1.77 bits per heavy atom. The number of ether oxygens (including phenoxy) is 2. The second-order valence-electron chi connectivity index (χ2n) is 6.82. The Kier molecular flexibility index (Phi) is 5.75. The van der Waals surface area contributed by atoms with Crippen LogP contribution in [0.2, 0.25) is 5.02 Å². The topological polar surface area (TPSA) is 84.9 Å². The molecule has 0 saturated carbocycles. The van der Waals surface area contributed by atoms with Crippen LogP contribution >= 0.6 is 11.6 Å². The van der Waals surface area contributed by atoms with E-state index in [0.29, 0.717) is 17.2 Å². The number of nitrogens with zero attached hydrogens (tertiary/aromatic N) is 1. The third kappa shape index (κ3) is 4.30. The van der Waals surface area contributed by atoms with Crippen molar-refractivity contribution >= 4 is 33.2 Å². The normalized spacial score (nSPS) is 12.5. The van der Waals surface area contributed by atoms with Gasteiger partial charge in [0.2, 0.25) is 6.79 Å². The number of nitrogens with one attached hydrogen (secondary N) is 1. The van der Waals surface area contributed by atoms with Gasteiger partial charge in [-0.15, -0.1) is 0 Å². The summed E-state index contributed by atoms with van der Waals surface area (Å²) in [5.74, 6) is 0.855. The summed E-state index contributed by atoms with van der Waals surface area (Å²) in [6.45, 7) is 0.411. The highest BCUT2D eigenvalue weighted by Crippen LogP contribution is 2.32. The number of halogens is 1. The number of para-hydroxylation sites is 1. The van der Waals surface area contributed by atoms with Gasteiger partial charge in [-0.05, 0) is 48.0 Å². The first-order chi connectivity index (χ1) is 14.9. The molecule has 0 saturated heterocycles. The molecular formula is C22H19ClN2O5S. The van der Waals surface area contributed by atoms with Gasteiger partial charge in [-0.3, -0.25) is 9.10 Å².